The van der Waals surface area contributed by atoms with Crippen molar-refractivity contribution in [1.82, 2.24) is 5.32 Å². The number of phenolic OH excluding ortho intramolecular Hbond substituents is 1. The van der Waals surface area contributed by atoms with Gasteiger partial charge in [0.1, 0.15) is 17.1 Å². The fourth-order valence-electron chi connectivity index (χ4n) is 1.65. The van der Waals surface area contributed by atoms with Gasteiger partial charge in [-0.05, 0) is 23.6 Å². The highest BCUT2D eigenvalue weighted by atomic mass is 32.1. The van der Waals surface area contributed by atoms with Crippen molar-refractivity contribution in [2.75, 3.05) is 0 Å². The van der Waals surface area contributed by atoms with E-state index in [0.717, 1.165) is 23.5 Å². The Hall–Kier alpha value is -2.41. The third-order valence-corrected chi connectivity index (χ3v) is 3.51. The molecule has 0 aliphatic heterocycles. The number of carboxylic acids is 1. The third kappa shape index (κ3) is 2.77. The number of carbonyl (C=O) groups is 2. The van der Waals surface area contributed by atoms with Crippen LogP contribution in [0.25, 0.3) is 0 Å². The topological polar surface area (TPSA) is 86.6 Å². The Kier molecular flexibility index (Phi) is 3.99. The van der Waals surface area contributed by atoms with Crippen molar-refractivity contribution >= 4 is 23.2 Å². The van der Waals surface area contributed by atoms with Crippen LogP contribution >= 0.6 is 11.3 Å². The fraction of sp³-hybridized carbons (Fsp3) is 0.0769. The van der Waals surface area contributed by atoms with Crippen molar-refractivity contribution < 1.29 is 24.2 Å². The van der Waals surface area contributed by atoms with Crippen LogP contribution in [0.3, 0.4) is 0 Å². The lowest BCUT2D eigenvalue weighted by atomic mass is 10.1. The predicted molar refractivity (Wildman–Crippen MR) is 70.2 cm³/mol. The second-order valence-electron chi connectivity index (χ2n) is 3.89. The smallest absolute Gasteiger partial charge is 0.331 e. The summed E-state index contributed by atoms with van der Waals surface area (Å²) in [6.45, 7) is 0. The summed E-state index contributed by atoms with van der Waals surface area (Å²) >= 11 is 1.15. The summed E-state index contributed by atoms with van der Waals surface area (Å²) in [5, 5.41) is 22.5. The first-order valence-electron chi connectivity index (χ1n) is 5.55. The van der Waals surface area contributed by atoms with E-state index in [1.165, 1.54) is 6.07 Å². The van der Waals surface area contributed by atoms with Crippen molar-refractivity contribution in [1.29, 1.82) is 0 Å². The van der Waals surface area contributed by atoms with Crippen LogP contribution in [0.2, 0.25) is 0 Å². The number of benzene rings is 1. The zero-order chi connectivity index (χ0) is 14.7. The largest absolute Gasteiger partial charge is 0.507 e. The van der Waals surface area contributed by atoms with Crippen LogP contribution in [0.4, 0.5) is 4.39 Å². The first-order valence-corrected chi connectivity index (χ1v) is 6.43. The van der Waals surface area contributed by atoms with Gasteiger partial charge in [-0.25, -0.2) is 9.18 Å². The Morgan fingerprint density at radius 2 is 2.00 bits per heavy atom. The SMILES string of the molecule is O=C(NC(C(=O)O)c1cccs1)c1c(O)cccc1F. The molecule has 0 aliphatic carbocycles. The highest BCUT2D eigenvalue weighted by Crippen LogP contribution is 2.23. The third-order valence-electron chi connectivity index (χ3n) is 2.57. The van der Waals surface area contributed by atoms with Gasteiger partial charge in [0.05, 0.1) is 0 Å². The number of thiophene rings is 1. The molecule has 1 unspecified atom stereocenters. The van der Waals surface area contributed by atoms with E-state index >= 15 is 0 Å². The van der Waals surface area contributed by atoms with Gasteiger partial charge in [0.2, 0.25) is 0 Å². The van der Waals surface area contributed by atoms with E-state index in [1.54, 1.807) is 17.5 Å². The van der Waals surface area contributed by atoms with E-state index in [9.17, 15) is 19.1 Å². The van der Waals surface area contributed by atoms with E-state index in [1.807, 2.05) is 0 Å². The molecule has 0 bridgehead atoms. The molecule has 0 saturated carbocycles. The van der Waals surface area contributed by atoms with Crippen molar-refractivity contribution in [3.05, 3.63) is 52.0 Å². The Morgan fingerprint density at radius 3 is 2.55 bits per heavy atom. The summed E-state index contributed by atoms with van der Waals surface area (Å²) in [6, 6.07) is 5.30. The molecular formula is C13H10FNO4S. The van der Waals surface area contributed by atoms with Crippen LogP contribution < -0.4 is 5.32 Å². The highest BCUT2D eigenvalue weighted by Gasteiger charge is 2.26. The molecule has 5 nitrogen and oxygen atoms in total. The molecule has 1 aromatic carbocycles. The number of aromatic hydroxyl groups is 1. The van der Waals surface area contributed by atoms with Crippen molar-refractivity contribution in [3.8, 4) is 5.75 Å². The number of carboxylic acid groups (broad SMARTS) is 1. The molecule has 1 heterocycles. The number of phenols is 1. The number of hydrogen-bond donors (Lipinski definition) is 3. The Morgan fingerprint density at radius 1 is 1.25 bits per heavy atom. The molecule has 2 aromatic rings. The first-order chi connectivity index (χ1) is 9.50. The number of halogens is 1. The molecule has 0 fully saturated rings. The molecule has 20 heavy (non-hydrogen) atoms. The number of hydrogen-bond acceptors (Lipinski definition) is 4. The Labute approximate surface area is 117 Å². The monoisotopic (exact) mass is 295 g/mol. The number of aliphatic carboxylic acids is 1. The summed E-state index contributed by atoms with van der Waals surface area (Å²) in [7, 11) is 0. The molecule has 104 valence electrons. The van der Waals surface area contributed by atoms with Crippen molar-refractivity contribution in [2.45, 2.75) is 6.04 Å². The van der Waals surface area contributed by atoms with Crippen LogP contribution in [-0.4, -0.2) is 22.1 Å². The van der Waals surface area contributed by atoms with Gasteiger partial charge < -0.3 is 15.5 Å². The first kappa shape index (κ1) is 14.0. The number of nitrogens with one attached hydrogen (secondary N) is 1. The fourth-order valence-corrected chi connectivity index (χ4v) is 2.42. The van der Waals surface area contributed by atoms with Crippen LogP contribution in [0, 0.1) is 5.82 Å². The maximum atomic E-state index is 13.5. The van der Waals surface area contributed by atoms with E-state index in [-0.39, 0.29) is 0 Å². The normalized spacial score (nSPS) is 11.8. The molecule has 1 aromatic heterocycles. The molecule has 0 saturated heterocycles. The number of carbonyl (C=O) groups excluding carboxylic acids is 1. The average Bonchev–Trinajstić information content (AvgIpc) is 2.88. The van der Waals surface area contributed by atoms with Crippen molar-refractivity contribution in [3.63, 3.8) is 0 Å². The number of amides is 1. The second kappa shape index (κ2) is 5.70. The summed E-state index contributed by atoms with van der Waals surface area (Å²) in [6.07, 6.45) is 0. The zero-order valence-corrected chi connectivity index (χ0v) is 10.9. The number of rotatable bonds is 4. The van der Waals surface area contributed by atoms with Gasteiger partial charge in [-0.15, -0.1) is 11.3 Å². The van der Waals surface area contributed by atoms with E-state index in [2.05, 4.69) is 5.32 Å². The molecular weight excluding hydrogens is 285 g/mol. The summed E-state index contributed by atoms with van der Waals surface area (Å²) in [5.74, 6) is -3.71. The standard InChI is InChI=1S/C13H10FNO4S/c14-7-3-1-4-8(16)10(7)12(17)15-11(13(18)19)9-5-2-6-20-9/h1-6,11,16H,(H,15,17)(H,18,19). The molecule has 0 radical (unpaired) electrons. The minimum absolute atomic E-state index is 0.404. The second-order valence-corrected chi connectivity index (χ2v) is 4.87. The molecule has 1 amide bonds. The Balaban J connectivity index is 2.28. The van der Waals surface area contributed by atoms with Gasteiger partial charge >= 0.3 is 5.97 Å². The minimum Gasteiger partial charge on any atom is -0.507 e. The molecule has 7 heteroatoms. The Bertz CT molecular complexity index is 622. The van der Waals surface area contributed by atoms with Gasteiger partial charge in [-0.1, -0.05) is 12.1 Å². The van der Waals surface area contributed by atoms with Gasteiger partial charge in [-0.3, -0.25) is 4.79 Å². The van der Waals surface area contributed by atoms with Crippen LogP contribution in [0.5, 0.6) is 5.75 Å². The van der Waals surface area contributed by atoms with Crippen LogP contribution in [0.1, 0.15) is 21.3 Å². The van der Waals surface area contributed by atoms with Gasteiger partial charge in [0.15, 0.2) is 6.04 Å². The highest BCUT2D eigenvalue weighted by molar-refractivity contribution is 7.10. The lowest BCUT2D eigenvalue weighted by Crippen LogP contribution is -2.33. The molecule has 0 aliphatic rings. The maximum absolute atomic E-state index is 13.5. The zero-order valence-electron chi connectivity index (χ0n) is 10.0. The predicted octanol–water partition coefficient (Wildman–Crippen LogP) is 2.15. The molecule has 0 spiro atoms. The van der Waals surface area contributed by atoms with E-state index < -0.39 is 35.0 Å². The molecule has 2 rings (SSSR count). The molecule has 3 N–H and O–H groups in total. The molecule has 1 atom stereocenters. The lowest BCUT2D eigenvalue weighted by molar-refractivity contribution is -0.139. The van der Waals surface area contributed by atoms with E-state index in [4.69, 9.17) is 5.11 Å². The van der Waals surface area contributed by atoms with Crippen molar-refractivity contribution in [2.24, 2.45) is 0 Å². The van der Waals surface area contributed by atoms with Gasteiger partial charge in [0, 0.05) is 4.88 Å². The van der Waals surface area contributed by atoms with Crippen LogP contribution in [-0.2, 0) is 4.79 Å². The van der Waals surface area contributed by atoms with Gasteiger partial charge in [-0.2, -0.15) is 0 Å². The minimum atomic E-state index is -1.29. The van der Waals surface area contributed by atoms with Crippen LogP contribution in [0.15, 0.2) is 35.7 Å². The average molecular weight is 295 g/mol. The lowest BCUT2D eigenvalue weighted by Gasteiger charge is -2.13. The van der Waals surface area contributed by atoms with Gasteiger partial charge in [0.25, 0.3) is 5.91 Å². The summed E-state index contributed by atoms with van der Waals surface area (Å²) in [5.41, 5.74) is -0.574. The van der Waals surface area contributed by atoms with E-state index in [0.29, 0.717) is 4.88 Å². The summed E-state index contributed by atoms with van der Waals surface area (Å²) < 4.78 is 13.5. The summed E-state index contributed by atoms with van der Waals surface area (Å²) in [4.78, 5) is 23.5. The quantitative estimate of drug-likeness (QED) is 0.806. The maximum Gasteiger partial charge on any atom is 0.331 e.